The van der Waals surface area contributed by atoms with Crippen molar-refractivity contribution in [3.05, 3.63) is 0 Å². The first-order chi connectivity index (χ1) is 9.81. The zero-order chi connectivity index (χ0) is 13.8. The van der Waals surface area contributed by atoms with Gasteiger partial charge in [-0.05, 0) is 57.7 Å². The summed E-state index contributed by atoms with van der Waals surface area (Å²) >= 11 is 0. The van der Waals surface area contributed by atoms with Crippen LogP contribution in [0.25, 0.3) is 0 Å². The molecule has 0 aromatic rings. The molecule has 2 heterocycles. The standard InChI is InChI=1S/C17H33N3/c1-15-5-2-6-16(13-15)18-8-12-19-9-4-11-20-10-3-7-17(20)14-19/h15-18H,2-14H2,1H3. The number of rotatable bonds is 4. The summed E-state index contributed by atoms with van der Waals surface area (Å²) in [5, 5.41) is 3.82. The van der Waals surface area contributed by atoms with Crippen molar-refractivity contribution in [2.24, 2.45) is 5.92 Å². The number of nitrogens with zero attached hydrogens (tertiary/aromatic N) is 2. The maximum atomic E-state index is 3.82. The number of hydrogen-bond acceptors (Lipinski definition) is 3. The van der Waals surface area contributed by atoms with Crippen molar-refractivity contribution in [1.82, 2.24) is 15.1 Å². The summed E-state index contributed by atoms with van der Waals surface area (Å²) in [6.07, 6.45) is 9.91. The van der Waals surface area contributed by atoms with Gasteiger partial charge in [-0.15, -0.1) is 0 Å². The predicted octanol–water partition coefficient (Wildman–Crippen LogP) is 2.32. The number of nitrogens with one attached hydrogen (secondary N) is 1. The summed E-state index contributed by atoms with van der Waals surface area (Å²) < 4.78 is 0. The third kappa shape index (κ3) is 3.96. The molecular formula is C17H33N3. The fraction of sp³-hybridized carbons (Fsp3) is 1.00. The van der Waals surface area contributed by atoms with Crippen LogP contribution in [-0.2, 0) is 0 Å². The van der Waals surface area contributed by atoms with Gasteiger partial charge in [-0.2, -0.15) is 0 Å². The lowest BCUT2D eigenvalue weighted by atomic mass is 9.87. The Balaban J connectivity index is 1.37. The van der Waals surface area contributed by atoms with Gasteiger partial charge in [0.15, 0.2) is 0 Å². The summed E-state index contributed by atoms with van der Waals surface area (Å²) in [5.41, 5.74) is 0. The molecule has 3 fully saturated rings. The fourth-order valence-corrected chi connectivity index (χ4v) is 4.53. The maximum absolute atomic E-state index is 3.82. The Morgan fingerprint density at radius 2 is 1.90 bits per heavy atom. The van der Waals surface area contributed by atoms with Gasteiger partial charge in [0.05, 0.1) is 0 Å². The second-order valence-corrected chi connectivity index (χ2v) is 7.41. The van der Waals surface area contributed by atoms with Crippen molar-refractivity contribution >= 4 is 0 Å². The molecule has 0 aromatic carbocycles. The molecule has 0 bridgehead atoms. The first kappa shape index (κ1) is 14.8. The highest BCUT2D eigenvalue weighted by atomic mass is 15.3. The van der Waals surface area contributed by atoms with E-state index in [0.717, 1.165) is 18.0 Å². The van der Waals surface area contributed by atoms with Gasteiger partial charge in [0.1, 0.15) is 0 Å². The Bertz CT molecular complexity index is 294. The van der Waals surface area contributed by atoms with E-state index in [0.29, 0.717) is 0 Å². The molecule has 1 aliphatic carbocycles. The average molecular weight is 279 g/mol. The highest BCUT2D eigenvalue weighted by molar-refractivity contribution is 4.85. The van der Waals surface area contributed by atoms with Crippen LogP contribution in [0.3, 0.4) is 0 Å². The second kappa shape index (κ2) is 7.24. The van der Waals surface area contributed by atoms with Gasteiger partial charge in [-0.3, -0.25) is 4.90 Å². The van der Waals surface area contributed by atoms with Gasteiger partial charge in [0.25, 0.3) is 0 Å². The zero-order valence-electron chi connectivity index (χ0n) is 13.3. The highest BCUT2D eigenvalue weighted by Gasteiger charge is 2.28. The van der Waals surface area contributed by atoms with Crippen molar-refractivity contribution in [2.75, 3.05) is 39.3 Å². The molecule has 0 aromatic heterocycles. The minimum absolute atomic E-state index is 0.800. The lowest BCUT2D eigenvalue weighted by Crippen LogP contribution is -2.42. The monoisotopic (exact) mass is 279 g/mol. The Morgan fingerprint density at radius 1 is 1.00 bits per heavy atom. The van der Waals surface area contributed by atoms with Gasteiger partial charge in [-0.25, -0.2) is 0 Å². The minimum Gasteiger partial charge on any atom is -0.313 e. The van der Waals surface area contributed by atoms with E-state index in [1.54, 1.807) is 0 Å². The van der Waals surface area contributed by atoms with Crippen molar-refractivity contribution in [3.8, 4) is 0 Å². The third-order valence-corrected chi connectivity index (χ3v) is 5.69. The van der Waals surface area contributed by atoms with Crippen LogP contribution >= 0.6 is 0 Å². The summed E-state index contributed by atoms with van der Waals surface area (Å²) in [7, 11) is 0. The van der Waals surface area contributed by atoms with Gasteiger partial charge in [-0.1, -0.05) is 19.8 Å². The number of hydrogen-bond donors (Lipinski definition) is 1. The number of fused-ring (bicyclic) bond motifs is 1. The molecule has 3 heteroatoms. The van der Waals surface area contributed by atoms with E-state index in [-0.39, 0.29) is 0 Å². The van der Waals surface area contributed by atoms with Crippen molar-refractivity contribution in [2.45, 2.75) is 64.0 Å². The molecular weight excluding hydrogens is 246 g/mol. The van der Waals surface area contributed by atoms with E-state index in [4.69, 9.17) is 0 Å². The van der Waals surface area contributed by atoms with E-state index in [9.17, 15) is 0 Å². The van der Waals surface area contributed by atoms with Crippen LogP contribution in [0.15, 0.2) is 0 Å². The molecule has 3 aliphatic rings. The molecule has 0 radical (unpaired) electrons. The third-order valence-electron chi connectivity index (χ3n) is 5.69. The van der Waals surface area contributed by atoms with Gasteiger partial charge in [0.2, 0.25) is 0 Å². The highest BCUT2D eigenvalue weighted by Crippen LogP contribution is 2.23. The van der Waals surface area contributed by atoms with E-state index in [1.807, 2.05) is 0 Å². The average Bonchev–Trinajstić information content (AvgIpc) is 2.78. The molecule has 2 aliphatic heterocycles. The van der Waals surface area contributed by atoms with Crippen LogP contribution in [0.1, 0.15) is 51.9 Å². The molecule has 2 saturated heterocycles. The predicted molar refractivity (Wildman–Crippen MR) is 85.1 cm³/mol. The van der Waals surface area contributed by atoms with E-state index in [1.165, 1.54) is 84.2 Å². The normalized spacial score (nSPS) is 36.8. The summed E-state index contributed by atoms with van der Waals surface area (Å²) in [6, 6.07) is 1.67. The summed E-state index contributed by atoms with van der Waals surface area (Å²) in [6.45, 7) is 10.2. The maximum Gasteiger partial charge on any atom is 0.0223 e. The van der Waals surface area contributed by atoms with Crippen LogP contribution in [0, 0.1) is 5.92 Å². The van der Waals surface area contributed by atoms with Crippen LogP contribution in [0.5, 0.6) is 0 Å². The topological polar surface area (TPSA) is 18.5 Å². The van der Waals surface area contributed by atoms with Gasteiger partial charge < -0.3 is 10.2 Å². The first-order valence-electron chi connectivity index (χ1n) is 9.01. The van der Waals surface area contributed by atoms with Crippen LogP contribution in [0.2, 0.25) is 0 Å². The minimum atomic E-state index is 0.800. The molecule has 1 saturated carbocycles. The van der Waals surface area contributed by atoms with Crippen molar-refractivity contribution in [3.63, 3.8) is 0 Å². The van der Waals surface area contributed by atoms with Gasteiger partial charge >= 0.3 is 0 Å². The first-order valence-corrected chi connectivity index (χ1v) is 9.01. The molecule has 3 unspecified atom stereocenters. The van der Waals surface area contributed by atoms with Crippen molar-refractivity contribution in [1.29, 1.82) is 0 Å². The largest absolute Gasteiger partial charge is 0.313 e. The van der Waals surface area contributed by atoms with E-state index < -0.39 is 0 Å². The molecule has 3 atom stereocenters. The zero-order valence-corrected chi connectivity index (χ0v) is 13.3. The Morgan fingerprint density at radius 3 is 2.80 bits per heavy atom. The molecule has 0 spiro atoms. The lowest BCUT2D eigenvalue weighted by Gasteiger charge is -2.29. The second-order valence-electron chi connectivity index (χ2n) is 7.41. The van der Waals surface area contributed by atoms with E-state index in [2.05, 4.69) is 22.0 Å². The van der Waals surface area contributed by atoms with Gasteiger partial charge in [0, 0.05) is 31.7 Å². The molecule has 3 nitrogen and oxygen atoms in total. The van der Waals surface area contributed by atoms with Crippen LogP contribution in [0.4, 0.5) is 0 Å². The van der Waals surface area contributed by atoms with E-state index >= 15 is 0 Å². The summed E-state index contributed by atoms with van der Waals surface area (Å²) in [5.74, 6) is 0.937. The smallest absolute Gasteiger partial charge is 0.0223 e. The molecule has 0 amide bonds. The lowest BCUT2D eigenvalue weighted by molar-refractivity contribution is 0.214. The molecule has 20 heavy (non-hydrogen) atoms. The Hall–Kier alpha value is -0.120. The fourth-order valence-electron chi connectivity index (χ4n) is 4.53. The quantitative estimate of drug-likeness (QED) is 0.852. The van der Waals surface area contributed by atoms with Crippen molar-refractivity contribution < 1.29 is 0 Å². The molecule has 1 N–H and O–H groups in total. The Labute approximate surface area is 125 Å². The SMILES string of the molecule is CC1CCCC(NCCN2CCCN3CCCC3C2)C1. The molecule has 116 valence electrons. The Kier molecular flexibility index (Phi) is 5.36. The molecule has 3 rings (SSSR count). The van der Waals surface area contributed by atoms with Crippen LogP contribution < -0.4 is 5.32 Å². The summed E-state index contributed by atoms with van der Waals surface area (Å²) in [4.78, 5) is 5.45. The van der Waals surface area contributed by atoms with Crippen LogP contribution in [-0.4, -0.2) is 61.2 Å².